The molecule has 0 bridgehead atoms. The summed E-state index contributed by atoms with van der Waals surface area (Å²) in [5.41, 5.74) is -0.958. The summed E-state index contributed by atoms with van der Waals surface area (Å²) in [6, 6.07) is 4.52. The average Bonchev–Trinajstić information content (AvgIpc) is 3.04. The van der Waals surface area contributed by atoms with Gasteiger partial charge in [-0.15, -0.1) is 0 Å². The average molecular weight is 457 g/mol. The van der Waals surface area contributed by atoms with Crippen LogP contribution in [0.2, 0.25) is 15.1 Å². The van der Waals surface area contributed by atoms with E-state index in [1.165, 1.54) is 18.2 Å². The third kappa shape index (κ3) is 3.91. The van der Waals surface area contributed by atoms with Gasteiger partial charge in [-0.25, -0.2) is 0 Å². The van der Waals surface area contributed by atoms with Crippen molar-refractivity contribution in [2.24, 2.45) is 0 Å². The summed E-state index contributed by atoms with van der Waals surface area (Å²) in [4.78, 5) is 3.43. The standard InChI is InChI=1S/C15H7Cl3F3N3O2S/c16-10-1-2-13(11(17)4-10)27(25,26)24-7-8(5-23-24)14-12(18)3-9(6-22-14)15(19,20)21/h1-7H. The minimum Gasteiger partial charge on any atom is -0.254 e. The lowest BCUT2D eigenvalue weighted by molar-refractivity contribution is -0.137. The molecule has 5 nitrogen and oxygen atoms in total. The monoisotopic (exact) mass is 455 g/mol. The molecular formula is C15H7Cl3F3N3O2S. The van der Waals surface area contributed by atoms with Crippen molar-refractivity contribution in [1.29, 1.82) is 0 Å². The van der Waals surface area contributed by atoms with Gasteiger partial charge < -0.3 is 0 Å². The molecule has 1 aromatic carbocycles. The third-order valence-corrected chi connectivity index (χ3v) is 5.97. The summed E-state index contributed by atoms with van der Waals surface area (Å²) in [5.74, 6) is 0. The molecule has 0 atom stereocenters. The summed E-state index contributed by atoms with van der Waals surface area (Å²) < 4.78 is 64.0. The molecular weight excluding hydrogens is 450 g/mol. The van der Waals surface area contributed by atoms with E-state index in [0.717, 1.165) is 12.4 Å². The van der Waals surface area contributed by atoms with Gasteiger partial charge >= 0.3 is 6.18 Å². The van der Waals surface area contributed by atoms with Crippen molar-refractivity contribution >= 4 is 44.8 Å². The molecule has 0 saturated heterocycles. The van der Waals surface area contributed by atoms with E-state index in [-0.39, 0.29) is 31.2 Å². The van der Waals surface area contributed by atoms with E-state index in [9.17, 15) is 21.6 Å². The first kappa shape index (κ1) is 19.9. The fraction of sp³-hybridized carbons (Fsp3) is 0.0667. The van der Waals surface area contributed by atoms with Crippen LogP contribution >= 0.6 is 34.8 Å². The highest BCUT2D eigenvalue weighted by molar-refractivity contribution is 7.90. The quantitative estimate of drug-likeness (QED) is 0.546. The number of aromatic nitrogens is 3. The lowest BCUT2D eigenvalue weighted by Gasteiger charge is -2.08. The maximum atomic E-state index is 12.7. The first-order chi connectivity index (χ1) is 12.5. The first-order valence-corrected chi connectivity index (χ1v) is 9.56. The second-order valence-corrected chi connectivity index (χ2v) is 8.25. The zero-order valence-electron chi connectivity index (χ0n) is 12.9. The van der Waals surface area contributed by atoms with Crippen molar-refractivity contribution < 1.29 is 21.6 Å². The summed E-state index contributed by atoms with van der Waals surface area (Å²) in [6.45, 7) is 0. The Morgan fingerprint density at radius 2 is 1.70 bits per heavy atom. The number of hydrogen-bond donors (Lipinski definition) is 0. The van der Waals surface area contributed by atoms with Crippen LogP contribution < -0.4 is 0 Å². The maximum Gasteiger partial charge on any atom is 0.417 e. The van der Waals surface area contributed by atoms with Crippen LogP contribution in [-0.2, 0) is 16.2 Å². The van der Waals surface area contributed by atoms with Crippen molar-refractivity contribution in [2.75, 3.05) is 0 Å². The highest BCUT2D eigenvalue weighted by atomic mass is 35.5. The highest BCUT2D eigenvalue weighted by Crippen LogP contribution is 2.34. The molecule has 3 aromatic rings. The third-order valence-electron chi connectivity index (χ3n) is 3.42. The summed E-state index contributed by atoms with van der Waals surface area (Å²) in [7, 11) is -4.15. The van der Waals surface area contributed by atoms with Crippen LogP contribution in [0.15, 0.2) is 47.8 Å². The van der Waals surface area contributed by atoms with Gasteiger partial charge in [-0.1, -0.05) is 34.8 Å². The summed E-state index contributed by atoms with van der Waals surface area (Å²) in [5, 5.41) is 3.58. The molecule has 0 unspecified atom stereocenters. The van der Waals surface area contributed by atoms with Gasteiger partial charge in [0.1, 0.15) is 4.90 Å². The molecule has 0 radical (unpaired) electrons. The molecule has 142 valence electrons. The number of rotatable bonds is 3. The fourth-order valence-electron chi connectivity index (χ4n) is 2.15. The Morgan fingerprint density at radius 1 is 1.00 bits per heavy atom. The molecule has 0 aliphatic carbocycles. The van der Waals surface area contributed by atoms with Crippen molar-refractivity contribution in [3.63, 3.8) is 0 Å². The van der Waals surface area contributed by atoms with Crippen LogP contribution in [0, 0.1) is 0 Å². The molecule has 0 saturated carbocycles. The first-order valence-electron chi connectivity index (χ1n) is 6.98. The van der Waals surface area contributed by atoms with E-state index in [1.54, 1.807) is 0 Å². The lowest BCUT2D eigenvalue weighted by Crippen LogP contribution is -2.13. The number of alkyl halides is 3. The van der Waals surface area contributed by atoms with Crippen molar-refractivity contribution in [3.8, 4) is 11.3 Å². The summed E-state index contributed by atoms with van der Waals surface area (Å²) in [6.07, 6.45) is -1.82. The van der Waals surface area contributed by atoms with Crippen LogP contribution in [0.3, 0.4) is 0 Å². The van der Waals surface area contributed by atoms with Gasteiger partial charge in [0, 0.05) is 16.8 Å². The molecule has 0 spiro atoms. The molecule has 0 amide bonds. The van der Waals surface area contributed by atoms with E-state index in [0.29, 0.717) is 16.4 Å². The van der Waals surface area contributed by atoms with Gasteiger partial charge in [-0.2, -0.15) is 30.8 Å². The van der Waals surface area contributed by atoms with Gasteiger partial charge in [0.05, 0.1) is 33.7 Å². The SMILES string of the molecule is O=S(=O)(c1ccc(Cl)cc1Cl)n1cc(-c2ncc(C(F)(F)F)cc2Cl)cn1. The van der Waals surface area contributed by atoms with E-state index >= 15 is 0 Å². The number of hydrogen-bond acceptors (Lipinski definition) is 4. The van der Waals surface area contributed by atoms with E-state index < -0.39 is 21.8 Å². The van der Waals surface area contributed by atoms with Crippen LogP contribution in [0.25, 0.3) is 11.3 Å². The second kappa shape index (κ2) is 6.97. The minimum absolute atomic E-state index is 0.0479. The Morgan fingerprint density at radius 3 is 2.30 bits per heavy atom. The lowest BCUT2D eigenvalue weighted by atomic mass is 10.2. The second-order valence-electron chi connectivity index (χ2n) is 5.23. The van der Waals surface area contributed by atoms with Crippen LogP contribution in [0.1, 0.15) is 5.56 Å². The molecule has 0 aliphatic rings. The maximum absolute atomic E-state index is 12.7. The number of pyridine rings is 1. The predicted molar refractivity (Wildman–Crippen MR) is 94.5 cm³/mol. The van der Waals surface area contributed by atoms with Crippen molar-refractivity contribution in [1.82, 2.24) is 14.2 Å². The van der Waals surface area contributed by atoms with Gasteiger partial charge in [0.2, 0.25) is 0 Å². The normalized spacial score (nSPS) is 12.4. The number of halogens is 6. The predicted octanol–water partition coefficient (Wildman–Crippen LogP) is 5.16. The van der Waals surface area contributed by atoms with E-state index in [1.807, 2.05) is 0 Å². The fourth-order valence-corrected chi connectivity index (χ4v) is 4.30. The Kier molecular flexibility index (Phi) is 5.15. The molecule has 12 heteroatoms. The Bertz CT molecular complexity index is 1130. The molecule has 0 aliphatic heterocycles. The number of nitrogens with zero attached hydrogens (tertiary/aromatic N) is 3. The Labute approximate surface area is 166 Å². The van der Waals surface area contributed by atoms with Gasteiger partial charge in [-0.3, -0.25) is 4.98 Å². The van der Waals surface area contributed by atoms with Gasteiger partial charge in [-0.05, 0) is 24.3 Å². The summed E-state index contributed by atoms with van der Waals surface area (Å²) >= 11 is 17.6. The zero-order chi connectivity index (χ0) is 20.0. The van der Waals surface area contributed by atoms with Crippen LogP contribution in [0.4, 0.5) is 13.2 Å². The molecule has 2 aromatic heterocycles. The van der Waals surface area contributed by atoms with Crippen LogP contribution in [-0.4, -0.2) is 22.6 Å². The Balaban J connectivity index is 2.02. The van der Waals surface area contributed by atoms with Crippen molar-refractivity contribution in [3.05, 3.63) is 63.5 Å². The number of benzene rings is 1. The van der Waals surface area contributed by atoms with E-state index in [2.05, 4.69) is 10.1 Å². The van der Waals surface area contributed by atoms with Gasteiger partial charge in [0.15, 0.2) is 0 Å². The van der Waals surface area contributed by atoms with Crippen molar-refractivity contribution in [2.45, 2.75) is 11.1 Å². The topological polar surface area (TPSA) is 64.8 Å². The molecule has 3 rings (SSSR count). The van der Waals surface area contributed by atoms with Gasteiger partial charge in [0.25, 0.3) is 10.0 Å². The van der Waals surface area contributed by atoms with E-state index in [4.69, 9.17) is 34.8 Å². The molecule has 2 heterocycles. The highest BCUT2D eigenvalue weighted by Gasteiger charge is 2.32. The molecule has 0 N–H and O–H groups in total. The smallest absolute Gasteiger partial charge is 0.254 e. The largest absolute Gasteiger partial charge is 0.417 e. The molecule has 27 heavy (non-hydrogen) atoms. The Hall–Kier alpha value is -1.81. The molecule has 0 fully saturated rings. The minimum atomic E-state index is -4.60. The zero-order valence-corrected chi connectivity index (χ0v) is 16.0. The van der Waals surface area contributed by atoms with Crippen LogP contribution in [0.5, 0.6) is 0 Å².